The Bertz CT molecular complexity index is 1220. The molecular formula is C26H25NO3S. The smallest absolute Gasteiger partial charge is 0.243 e. The molecule has 0 amide bonds. The number of benzene rings is 3. The van der Waals surface area contributed by atoms with Crippen LogP contribution in [-0.4, -0.2) is 31.4 Å². The molecule has 3 aromatic carbocycles. The molecule has 0 aliphatic carbocycles. The molecule has 0 atom stereocenters. The third-order valence-electron chi connectivity index (χ3n) is 6.22. The zero-order valence-electron chi connectivity index (χ0n) is 17.5. The summed E-state index contributed by atoms with van der Waals surface area (Å²) in [5.74, 6) is 0.858. The van der Waals surface area contributed by atoms with Gasteiger partial charge in [-0.05, 0) is 48.4 Å². The van der Waals surface area contributed by atoms with Crippen LogP contribution in [0.1, 0.15) is 24.0 Å². The van der Waals surface area contributed by atoms with Crippen molar-refractivity contribution in [2.45, 2.75) is 30.3 Å². The third kappa shape index (κ3) is 3.80. The Hall–Kier alpha value is -2.89. The van der Waals surface area contributed by atoms with E-state index in [2.05, 4.69) is 36.4 Å². The van der Waals surface area contributed by atoms with E-state index in [1.54, 1.807) is 16.4 Å². The first-order chi connectivity index (χ1) is 15.0. The Morgan fingerprint density at radius 3 is 2.29 bits per heavy atom. The first-order valence-electron chi connectivity index (χ1n) is 10.6. The molecule has 5 rings (SSSR count). The fraction of sp³-hybridized carbons (Fsp3) is 0.231. The lowest BCUT2D eigenvalue weighted by Crippen LogP contribution is -2.49. The second kappa shape index (κ2) is 7.66. The summed E-state index contributed by atoms with van der Waals surface area (Å²) in [6, 6.07) is 23.6. The van der Waals surface area contributed by atoms with Crippen LogP contribution < -0.4 is 4.74 Å². The fourth-order valence-electron chi connectivity index (χ4n) is 4.31. The number of hydrogen-bond acceptors (Lipinski definition) is 3. The van der Waals surface area contributed by atoms with E-state index in [0.717, 1.165) is 22.4 Å². The highest BCUT2D eigenvalue weighted by Crippen LogP contribution is 2.39. The molecule has 0 bridgehead atoms. The highest BCUT2D eigenvalue weighted by molar-refractivity contribution is 7.89. The van der Waals surface area contributed by atoms with Crippen LogP contribution in [0.3, 0.4) is 0 Å². The van der Waals surface area contributed by atoms with E-state index in [4.69, 9.17) is 4.74 Å². The first kappa shape index (κ1) is 20.0. The maximum absolute atomic E-state index is 13.0. The maximum Gasteiger partial charge on any atom is 0.243 e. The van der Waals surface area contributed by atoms with Crippen LogP contribution in [0.25, 0.3) is 17.2 Å². The van der Waals surface area contributed by atoms with E-state index in [0.29, 0.717) is 30.8 Å². The molecule has 2 aliphatic heterocycles. The molecule has 2 heterocycles. The minimum atomic E-state index is -3.48. The summed E-state index contributed by atoms with van der Waals surface area (Å²) in [5, 5.41) is 0. The van der Waals surface area contributed by atoms with E-state index in [1.807, 2.05) is 43.3 Å². The van der Waals surface area contributed by atoms with E-state index < -0.39 is 15.6 Å². The molecule has 2 aliphatic rings. The Kier molecular flexibility index (Phi) is 4.95. The molecule has 0 aromatic heterocycles. The zero-order chi connectivity index (χ0) is 21.5. The summed E-state index contributed by atoms with van der Waals surface area (Å²) in [5.41, 5.74) is 3.99. The van der Waals surface area contributed by atoms with E-state index in [9.17, 15) is 8.42 Å². The lowest BCUT2D eigenvalue weighted by molar-refractivity contribution is 0.0620. The van der Waals surface area contributed by atoms with Crippen LogP contribution in [-0.2, 0) is 10.0 Å². The molecule has 0 saturated carbocycles. The van der Waals surface area contributed by atoms with E-state index in [1.165, 1.54) is 5.56 Å². The van der Waals surface area contributed by atoms with Crippen molar-refractivity contribution in [2.75, 3.05) is 13.1 Å². The average molecular weight is 432 g/mol. The average Bonchev–Trinajstić information content (AvgIpc) is 2.80. The minimum Gasteiger partial charge on any atom is -0.482 e. The van der Waals surface area contributed by atoms with Crippen LogP contribution in [0.15, 0.2) is 83.8 Å². The molecule has 1 spiro atoms. The molecule has 0 N–H and O–H groups in total. The quantitative estimate of drug-likeness (QED) is 0.566. The molecule has 3 aromatic rings. The summed E-state index contributed by atoms with van der Waals surface area (Å²) in [7, 11) is -3.48. The Labute approximate surface area is 183 Å². The number of ether oxygens (including phenoxy) is 1. The van der Waals surface area contributed by atoms with Gasteiger partial charge in [-0.15, -0.1) is 0 Å². The van der Waals surface area contributed by atoms with Gasteiger partial charge in [-0.2, -0.15) is 4.31 Å². The lowest BCUT2D eigenvalue weighted by atomic mass is 9.88. The van der Waals surface area contributed by atoms with Gasteiger partial charge >= 0.3 is 0 Å². The zero-order valence-corrected chi connectivity index (χ0v) is 18.3. The van der Waals surface area contributed by atoms with E-state index >= 15 is 0 Å². The predicted octanol–water partition coefficient (Wildman–Crippen LogP) is 5.29. The highest BCUT2D eigenvalue weighted by atomic mass is 32.2. The van der Waals surface area contributed by atoms with Crippen molar-refractivity contribution in [2.24, 2.45) is 0 Å². The van der Waals surface area contributed by atoms with Crippen molar-refractivity contribution in [1.82, 2.24) is 4.31 Å². The van der Waals surface area contributed by atoms with Gasteiger partial charge in [0.05, 0.1) is 4.90 Å². The number of rotatable bonds is 3. The topological polar surface area (TPSA) is 46.6 Å². The lowest BCUT2D eigenvalue weighted by Gasteiger charge is -2.41. The monoisotopic (exact) mass is 431 g/mol. The highest BCUT2D eigenvalue weighted by Gasteiger charge is 2.40. The van der Waals surface area contributed by atoms with Gasteiger partial charge in [-0.25, -0.2) is 8.42 Å². The summed E-state index contributed by atoms with van der Waals surface area (Å²) in [4.78, 5) is 0.355. The SMILES string of the molecule is Cc1ccc(S(=O)(=O)N2CCC3(C=Cc4cc(-c5ccccc5)ccc4O3)CC2)cc1. The van der Waals surface area contributed by atoms with Crippen molar-refractivity contribution in [3.05, 3.63) is 90.0 Å². The van der Waals surface area contributed by atoms with Crippen LogP contribution in [0, 0.1) is 6.92 Å². The van der Waals surface area contributed by atoms with Crippen LogP contribution in [0.4, 0.5) is 0 Å². The molecule has 1 fully saturated rings. The van der Waals surface area contributed by atoms with Crippen LogP contribution in [0.5, 0.6) is 5.75 Å². The van der Waals surface area contributed by atoms with Crippen molar-refractivity contribution in [3.63, 3.8) is 0 Å². The fourth-order valence-corrected chi connectivity index (χ4v) is 5.75. The van der Waals surface area contributed by atoms with Gasteiger partial charge in [0.1, 0.15) is 11.4 Å². The van der Waals surface area contributed by atoms with Gasteiger partial charge in [0.2, 0.25) is 10.0 Å². The number of hydrogen-bond donors (Lipinski definition) is 0. The summed E-state index contributed by atoms with van der Waals surface area (Å²) in [6.07, 6.45) is 5.50. The number of aryl methyl sites for hydroxylation is 1. The minimum absolute atomic E-state index is 0.355. The third-order valence-corrected chi connectivity index (χ3v) is 8.14. The van der Waals surface area contributed by atoms with Gasteiger partial charge in [0.25, 0.3) is 0 Å². The van der Waals surface area contributed by atoms with Crippen molar-refractivity contribution in [1.29, 1.82) is 0 Å². The molecule has 0 unspecified atom stereocenters. The second-order valence-corrected chi connectivity index (χ2v) is 10.3. The van der Waals surface area contributed by atoms with Crippen molar-refractivity contribution < 1.29 is 13.2 Å². The van der Waals surface area contributed by atoms with Gasteiger partial charge in [0, 0.05) is 31.5 Å². The summed E-state index contributed by atoms with van der Waals surface area (Å²) in [6.45, 7) is 2.84. The number of nitrogens with zero attached hydrogens (tertiary/aromatic N) is 1. The second-order valence-electron chi connectivity index (χ2n) is 8.34. The van der Waals surface area contributed by atoms with Crippen LogP contribution >= 0.6 is 0 Å². The molecule has 31 heavy (non-hydrogen) atoms. The number of sulfonamides is 1. The Morgan fingerprint density at radius 2 is 1.58 bits per heavy atom. The Balaban J connectivity index is 1.32. The number of fused-ring (bicyclic) bond motifs is 1. The summed E-state index contributed by atoms with van der Waals surface area (Å²) < 4.78 is 34.0. The van der Waals surface area contributed by atoms with Crippen molar-refractivity contribution >= 4 is 16.1 Å². The molecular weight excluding hydrogens is 406 g/mol. The number of piperidine rings is 1. The molecule has 4 nitrogen and oxygen atoms in total. The van der Waals surface area contributed by atoms with Gasteiger partial charge in [-0.1, -0.05) is 60.2 Å². The molecule has 5 heteroatoms. The largest absolute Gasteiger partial charge is 0.482 e. The molecule has 0 radical (unpaired) electrons. The summed E-state index contributed by atoms with van der Waals surface area (Å²) >= 11 is 0. The van der Waals surface area contributed by atoms with Crippen LogP contribution in [0.2, 0.25) is 0 Å². The standard InChI is InChI=1S/C26H25NO3S/c1-20-7-10-24(11-8-20)31(28,29)27-17-15-26(16-18-27)14-13-23-19-22(9-12-25(23)30-26)21-5-3-2-4-6-21/h2-14,19H,15-18H2,1H3. The molecule has 1 saturated heterocycles. The Morgan fingerprint density at radius 1 is 0.871 bits per heavy atom. The van der Waals surface area contributed by atoms with Crippen molar-refractivity contribution in [3.8, 4) is 16.9 Å². The van der Waals surface area contributed by atoms with Gasteiger partial charge in [0.15, 0.2) is 0 Å². The van der Waals surface area contributed by atoms with Gasteiger partial charge < -0.3 is 4.74 Å². The maximum atomic E-state index is 13.0. The predicted molar refractivity (Wildman–Crippen MR) is 123 cm³/mol. The molecule has 158 valence electrons. The van der Waals surface area contributed by atoms with Gasteiger partial charge in [-0.3, -0.25) is 0 Å². The van der Waals surface area contributed by atoms with E-state index in [-0.39, 0.29) is 0 Å². The first-order valence-corrected chi connectivity index (χ1v) is 12.0. The normalized spacial score (nSPS) is 17.8.